The minimum Gasteiger partial charge on any atom is -0.479 e. The first-order valence-corrected chi connectivity index (χ1v) is 6.67. The van der Waals surface area contributed by atoms with Gasteiger partial charge in [0.1, 0.15) is 11.6 Å². The highest BCUT2D eigenvalue weighted by atomic mass is 19.1. The summed E-state index contributed by atoms with van der Waals surface area (Å²) < 4.78 is 19.4. The van der Waals surface area contributed by atoms with Crippen molar-refractivity contribution in [1.29, 1.82) is 0 Å². The molecule has 1 atom stereocenters. The van der Waals surface area contributed by atoms with Crippen molar-refractivity contribution in [3.8, 4) is 5.75 Å². The quantitative estimate of drug-likeness (QED) is 0.864. The summed E-state index contributed by atoms with van der Waals surface area (Å²) >= 11 is 0. The lowest BCUT2D eigenvalue weighted by molar-refractivity contribution is -0.125. The van der Waals surface area contributed by atoms with Gasteiger partial charge in [-0.15, -0.1) is 0 Å². The monoisotopic (exact) mass is 286 g/mol. The molecule has 0 saturated heterocycles. The van der Waals surface area contributed by atoms with Crippen molar-refractivity contribution in [2.75, 3.05) is 10.6 Å². The third-order valence-corrected chi connectivity index (χ3v) is 3.48. The lowest BCUT2D eigenvalue weighted by Crippen LogP contribution is -2.44. The molecule has 0 radical (unpaired) electrons. The number of carbonyl (C=O) groups excluding carboxylic acids is 1. The van der Waals surface area contributed by atoms with Gasteiger partial charge in [-0.1, -0.05) is 18.2 Å². The molecule has 1 aliphatic rings. The summed E-state index contributed by atoms with van der Waals surface area (Å²) in [6.07, 6.45) is -0.604. The van der Waals surface area contributed by atoms with E-state index in [2.05, 4.69) is 0 Å². The summed E-state index contributed by atoms with van der Waals surface area (Å²) in [5.41, 5.74) is 7.33. The number of hydrogen-bond donors (Lipinski definition) is 1. The van der Waals surface area contributed by atoms with Crippen LogP contribution in [-0.2, 0) is 11.3 Å². The number of benzene rings is 2. The fourth-order valence-corrected chi connectivity index (χ4v) is 2.38. The maximum Gasteiger partial charge on any atom is 0.268 e. The number of nitrogens with zero attached hydrogens (tertiary/aromatic N) is 1. The molecule has 1 amide bonds. The molecule has 108 valence electrons. The zero-order chi connectivity index (χ0) is 15.0. The zero-order valence-corrected chi connectivity index (χ0v) is 11.5. The van der Waals surface area contributed by atoms with E-state index in [4.69, 9.17) is 10.5 Å². The largest absolute Gasteiger partial charge is 0.479 e. The van der Waals surface area contributed by atoms with E-state index in [-0.39, 0.29) is 18.3 Å². The molecular formula is C16H15FN2O2. The summed E-state index contributed by atoms with van der Waals surface area (Å²) in [6.45, 7) is 1.83. The lowest BCUT2D eigenvalue weighted by atomic mass is 10.1. The van der Waals surface area contributed by atoms with Crippen LogP contribution in [-0.4, -0.2) is 12.0 Å². The van der Waals surface area contributed by atoms with E-state index < -0.39 is 6.10 Å². The van der Waals surface area contributed by atoms with Gasteiger partial charge in [-0.05, 0) is 31.2 Å². The van der Waals surface area contributed by atoms with E-state index in [0.29, 0.717) is 22.7 Å². The highest BCUT2D eigenvalue weighted by Gasteiger charge is 2.32. The van der Waals surface area contributed by atoms with Gasteiger partial charge < -0.3 is 15.4 Å². The molecule has 1 aliphatic heterocycles. The number of ether oxygens (including phenoxy) is 1. The number of anilines is 2. The van der Waals surface area contributed by atoms with Gasteiger partial charge >= 0.3 is 0 Å². The zero-order valence-electron chi connectivity index (χ0n) is 11.5. The average molecular weight is 286 g/mol. The van der Waals surface area contributed by atoms with Crippen LogP contribution in [0.15, 0.2) is 42.5 Å². The summed E-state index contributed by atoms with van der Waals surface area (Å²) in [7, 11) is 0. The van der Waals surface area contributed by atoms with Gasteiger partial charge in [0, 0.05) is 11.3 Å². The Morgan fingerprint density at radius 1 is 1.29 bits per heavy atom. The van der Waals surface area contributed by atoms with E-state index in [0.717, 1.165) is 0 Å². The van der Waals surface area contributed by atoms with Gasteiger partial charge in [0.25, 0.3) is 5.91 Å². The van der Waals surface area contributed by atoms with E-state index >= 15 is 0 Å². The Labute approximate surface area is 121 Å². The minimum absolute atomic E-state index is 0.148. The second-order valence-corrected chi connectivity index (χ2v) is 5.00. The summed E-state index contributed by atoms with van der Waals surface area (Å²) in [4.78, 5) is 13.9. The standard InChI is InChI=1S/C16H15FN2O2/c1-10-16(20)19(9-11-4-2-3-5-13(11)17)14-8-12(18)6-7-15(14)21-10/h2-8,10H,9,18H2,1H3. The van der Waals surface area contributed by atoms with Gasteiger partial charge in [0.2, 0.25) is 0 Å². The van der Waals surface area contributed by atoms with Crippen LogP contribution in [0.1, 0.15) is 12.5 Å². The van der Waals surface area contributed by atoms with Crippen LogP contribution >= 0.6 is 0 Å². The minimum atomic E-state index is -0.604. The first-order chi connectivity index (χ1) is 10.1. The van der Waals surface area contributed by atoms with Gasteiger partial charge in [0.05, 0.1) is 12.2 Å². The molecule has 0 bridgehead atoms. The molecule has 0 spiro atoms. The predicted octanol–water partition coefficient (Wildman–Crippen LogP) is 2.72. The molecule has 0 fully saturated rings. The molecule has 2 aromatic carbocycles. The van der Waals surface area contributed by atoms with E-state index in [1.165, 1.54) is 11.0 Å². The van der Waals surface area contributed by atoms with Gasteiger partial charge in [0.15, 0.2) is 6.10 Å². The van der Waals surface area contributed by atoms with Crippen molar-refractivity contribution in [2.24, 2.45) is 0 Å². The Bertz CT molecular complexity index is 702. The SMILES string of the molecule is CC1Oc2ccc(N)cc2N(Cc2ccccc2F)C1=O. The van der Waals surface area contributed by atoms with Crippen molar-refractivity contribution in [3.63, 3.8) is 0 Å². The third-order valence-electron chi connectivity index (χ3n) is 3.48. The first kappa shape index (κ1) is 13.4. The van der Waals surface area contributed by atoms with E-state index in [1.807, 2.05) is 0 Å². The lowest BCUT2D eigenvalue weighted by Gasteiger charge is -2.33. The summed E-state index contributed by atoms with van der Waals surface area (Å²) in [5, 5.41) is 0. The average Bonchev–Trinajstić information content (AvgIpc) is 2.46. The van der Waals surface area contributed by atoms with Crippen LogP contribution < -0.4 is 15.4 Å². The molecule has 1 unspecified atom stereocenters. The van der Waals surface area contributed by atoms with E-state index in [9.17, 15) is 9.18 Å². The van der Waals surface area contributed by atoms with Crippen molar-refractivity contribution >= 4 is 17.3 Å². The molecule has 0 saturated carbocycles. The topological polar surface area (TPSA) is 55.6 Å². The number of carbonyl (C=O) groups is 1. The second-order valence-electron chi connectivity index (χ2n) is 5.00. The van der Waals surface area contributed by atoms with Crippen molar-refractivity contribution in [2.45, 2.75) is 19.6 Å². The number of hydrogen-bond acceptors (Lipinski definition) is 3. The predicted molar refractivity (Wildman–Crippen MR) is 78.5 cm³/mol. The molecule has 0 aromatic heterocycles. The molecule has 5 heteroatoms. The Hall–Kier alpha value is -2.56. The number of nitrogens with two attached hydrogens (primary N) is 1. The Kier molecular flexibility index (Phi) is 3.25. The van der Waals surface area contributed by atoms with Gasteiger partial charge in [-0.3, -0.25) is 4.79 Å². The normalized spacial score (nSPS) is 17.3. The van der Waals surface area contributed by atoms with Gasteiger partial charge in [-0.25, -0.2) is 4.39 Å². The van der Waals surface area contributed by atoms with Crippen LogP contribution in [0, 0.1) is 5.82 Å². The Morgan fingerprint density at radius 2 is 2.05 bits per heavy atom. The summed E-state index contributed by atoms with van der Waals surface area (Å²) in [5.74, 6) is 0.0268. The van der Waals surface area contributed by atoms with Crippen molar-refractivity contribution in [1.82, 2.24) is 0 Å². The van der Waals surface area contributed by atoms with Crippen LogP contribution in [0.2, 0.25) is 0 Å². The number of rotatable bonds is 2. The van der Waals surface area contributed by atoms with Crippen molar-refractivity contribution < 1.29 is 13.9 Å². The van der Waals surface area contributed by atoms with Crippen LogP contribution in [0.4, 0.5) is 15.8 Å². The number of fused-ring (bicyclic) bond motifs is 1. The fourth-order valence-electron chi connectivity index (χ4n) is 2.38. The first-order valence-electron chi connectivity index (χ1n) is 6.67. The van der Waals surface area contributed by atoms with E-state index in [1.54, 1.807) is 43.3 Å². The molecular weight excluding hydrogens is 271 g/mol. The Morgan fingerprint density at radius 3 is 2.81 bits per heavy atom. The molecule has 1 heterocycles. The highest BCUT2D eigenvalue weighted by molar-refractivity contribution is 6.00. The van der Waals surface area contributed by atoms with Crippen LogP contribution in [0.5, 0.6) is 5.75 Å². The molecule has 4 nitrogen and oxygen atoms in total. The Balaban J connectivity index is 2.03. The van der Waals surface area contributed by atoms with Crippen LogP contribution in [0.25, 0.3) is 0 Å². The van der Waals surface area contributed by atoms with Crippen molar-refractivity contribution in [3.05, 3.63) is 53.8 Å². The smallest absolute Gasteiger partial charge is 0.268 e. The third kappa shape index (κ3) is 2.42. The van der Waals surface area contributed by atoms with Crippen LogP contribution in [0.3, 0.4) is 0 Å². The number of amides is 1. The molecule has 2 aromatic rings. The maximum absolute atomic E-state index is 13.8. The fraction of sp³-hybridized carbons (Fsp3) is 0.188. The number of halogens is 1. The molecule has 21 heavy (non-hydrogen) atoms. The second kappa shape index (κ2) is 5.09. The maximum atomic E-state index is 13.8. The molecule has 0 aliphatic carbocycles. The molecule has 2 N–H and O–H groups in total. The summed E-state index contributed by atoms with van der Waals surface area (Å²) in [6, 6.07) is 11.5. The molecule has 3 rings (SSSR count). The van der Waals surface area contributed by atoms with Gasteiger partial charge in [-0.2, -0.15) is 0 Å². The highest BCUT2D eigenvalue weighted by Crippen LogP contribution is 2.36. The number of nitrogen functional groups attached to an aromatic ring is 1.